The van der Waals surface area contributed by atoms with E-state index in [0.717, 1.165) is 64.2 Å². The number of methoxy groups -OCH3 is 2. The maximum absolute atomic E-state index is 10.7. The van der Waals surface area contributed by atoms with E-state index in [4.69, 9.17) is 9.47 Å². The van der Waals surface area contributed by atoms with E-state index in [1.165, 1.54) is 66.1 Å². The van der Waals surface area contributed by atoms with E-state index in [0.29, 0.717) is 17.5 Å². The first-order chi connectivity index (χ1) is 22.8. The highest BCUT2D eigenvalue weighted by atomic mass is 16.5. The number of phenolic OH excluding ortho intramolecular Hbond substituents is 2. The summed E-state index contributed by atoms with van der Waals surface area (Å²) in [4.78, 5) is 0. The van der Waals surface area contributed by atoms with Crippen LogP contribution in [-0.2, 0) is 6.42 Å². The van der Waals surface area contributed by atoms with Crippen LogP contribution in [-0.4, -0.2) is 24.4 Å². The van der Waals surface area contributed by atoms with Gasteiger partial charge in [-0.1, -0.05) is 81.5 Å². The summed E-state index contributed by atoms with van der Waals surface area (Å²) < 4.78 is 10.5. The number of hydrogen-bond donors (Lipinski definition) is 2. The number of allylic oxidation sites excluding steroid dienone is 14. The van der Waals surface area contributed by atoms with Crippen LogP contribution in [0.2, 0.25) is 0 Å². The molecular weight excluding hydrogens is 592 g/mol. The van der Waals surface area contributed by atoms with Crippen molar-refractivity contribution in [2.75, 3.05) is 14.2 Å². The molecule has 1 rings (SSSR count). The number of hydrogen-bond acceptors (Lipinski definition) is 4. The van der Waals surface area contributed by atoms with Crippen LogP contribution in [0.25, 0.3) is 0 Å². The standard InChI is InChI=1S/C44H68O4/c1-32(2)18-12-19-33(3)20-13-21-34(4)22-14-23-35(5)24-15-25-36(6)26-16-27-37(7)28-17-29-38(8)30-31-40-39(9)41(45)43(47-10)44(48-11)42(40)46/h18,20,22,24,26,28,30,45-46H,12-17,19,21,23,25,27,29,31H2,1-11H3/b33-20+,34-22+,35-24+,36-26+,37-28+,38-30+. The van der Waals surface area contributed by atoms with E-state index in [1.54, 1.807) is 6.92 Å². The minimum Gasteiger partial charge on any atom is -0.504 e. The van der Waals surface area contributed by atoms with Crippen LogP contribution in [0.1, 0.15) is 144 Å². The van der Waals surface area contributed by atoms with Gasteiger partial charge in [-0.2, -0.15) is 0 Å². The predicted octanol–water partition coefficient (Wildman–Crippen LogP) is 13.3. The summed E-state index contributed by atoms with van der Waals surface area (Å²) in [7, 11) is 2.91. The molecule has 2 N–H and O–H groups in total. The van der Waals surface area contributed by atoms with Crippen LogP contribution >= 0.6 is 0 Å². The molecule has 0 saturated heterocycles. The minimum absolute atomic E-state index is 0.00678. The van der Waals surface area contributed by atoms with Crippen molar-refractivity contribution in [3.05, 3.63) is 92.7 Å². The van der Waals surface area contributed by atoms with Gasteiger partial charge >= 0.3 is 0 Å². The van der Waals surface area contributed by atoms with E-state index in [1.807, 2.05) is 0 Å². The summed E-state index contributed by atoms with van der Waals surface area (Å²) in [6.07, 6.45) is 30.3. The number of benzene rings is 1. The fourth-order valence-corrected chi connectivity index (χ4v) is 5.68. The molecule has 0 heterocycles. The molecule has 48 heavy (non-hydrogen) atoms. The Morgan fingerprint density at radius 3 is 1.06 bits per heavy atom. The maximum Gasteiger partial charge on any atom is 0.207 e. The fourth-order valence-electron chi connectivity index (χ4n) is 5.68. The first kappa shape index (κ1) is 42.6. The molecule has 0 aliphatic rings. The van der Waals surface area contributed by atoms with Crippen LogP contribution in [0.5, 0.6) is 23.0 Å². The smallest absolute Gasteiger partial charge is 0.207 e. The summed E-state index contributed by atoms with van der Waals surface area (Å²) in [5.74, 6) is 0.357. The molecule has 1 aromatic carbocycles. The number of phenols is 2. The molecule has 0 fully saturated rings. The van der Waals surface area contributed by atoms with Crippen LogP contribution in [0.4, 0.5) is 0 Å². The predicted molar refractivity (Wildman–Crippen MR) is 209 cm³/mol. The van der Waals surface area contributed by atoms with Crippen molar-refractivity contribution >= 4 is 0 Å². The van der Waals surface area contributed by atoms with Crippen LogP contribution in [0.15, 0.2) is 81.5 Å². The van der Waals surface area contributed by atoms with Gasteiger partial charge < -0.3 is 19.7 Å². The van der Waals surface area contributed by atoms with Gasteiger partial charge in [0.05, 0.1) is 14.2 Å². The third-order valence-electron chi connectivity index (χ3n) is 9.04. The first-order valence-electron chi connectivity index (χ1n) is 18.0. The summed E-state index contributed by atoms with van der Waals surface area (Å²) >= 11 is 0. The van der Waals surface area contributed by atoms with Gasteiger partial charge in [-0.3, -0.25) is 0 Å². The second-order valence-electron chi connectivity index (χ2n) is 13.9. The number of ether oxygens (including phenoxy) is 2. The van der Waals surface area contributed by atoms with Gasteiger partial charge in [-0.05, 0) is 146 Å². The molecule has 1 aromatic rings. The van der Waals surface area contributed by atoms with Crippen molar-refractivity contribution in [1.29, 1.82) is 0 Å². The maximum atomic E-state index is 10.7. The van der Waals surface area contributed by atoms with Gasteiger partial charge in [0, 0.05) is 11.1 Å². The Labute approximate surface area is 294 Å². The van der Waals surface area contributed by atoms with E-state index in [-0.39, 0.29) is 23.0 Å². The Morgan fingerprint density at radius 1 is 0.458 bits per heavy atom. The molecular formula is C44H68O4. The van der Waals surface area contributed by atoms with Gasteiger partial charge in [0.1, 0.15) is 0 Å². The van der Waals surface area contributed by atoms with Crippen molar-refractivity contribution in [2.45, 2.75) is 146 Å². The van der Waals surface area contributed by atoms with Crippen molar-refractivity contribution in [2.24, 2.45) is 0 Å². The van der Waals surface area contributed by atoms with Gasteiger partial charge in [0.2, 0.25) is 11.5 Å². The molecule has 4 heteroatoms. The normalized spacial score (nSPS) is 13.6. The Kier molecular flexibility index (Phi) is 21.2. The largest absolute Gasteiger partial charge is 0.504 e. The number of aromatic hydroxyl groups is 2. The molecule has 268 valence electrons. The van der Waals surface area contributed by atoms with Gasteiger partial charge in [0.25, 0.3) is 0 Å². The second kappa shape index (κ2) is 23.8. The Hall–Kier alpha value is -3.40. The summed E-state index contributed by atoms with van der Waals surface area (Å²) in [6, 6.07) is 0. The molecule has 0 amide bonds. The van der Waals surface area contributed by atoms with Crippen molar-refractivity contribution in [3.8, 4) is 23.0 Å². The topological polar surface area (TPSA) is 58.9 Å². The molecule has 0 spiro atoms. The molecule has 0 aromatic heterocycles. The lowest BCUT2D eigenvalue weighted by Crippen LogP contribution is -1.98. The van der Waals surface area contributed by atoms with E-state index in [9.17, 15) is 10.2 Å². The zero-order valence-corrected chi connectivity index (χ0v) is 32.4. The van der Waals surface area contributed by atoms with Gasteiger partial charge in [0.15, 0.2) is 11.5 Å². The number of rotatable bonds is 22. The summed E-state index contributed by atoms with van der Waals surface area (Å²) in [6.45, 7) is 19.5. The quantitative estimate of drug-likeness (QED) is 0.0960. The van der Waals surface area contributed by atoms with E-state index in [2.05, 4.69) is 97.9 Å². The minimum atomic E-state index is 0.00678. The average molecular weight is 661 g/mol. The van der Waals surface area contributed by atoms with Crippen LogP contribution in [0, 0.1) is 6.92 Å². The fraction of sp³-hybridized carbons (Fsp3) is 0.545. The first-order valence-corrected chi connectivity index (χ1v) is 18.0. The highest BCUT2D eigenvalue weighted by Crippen LogP contribution is 2.48. The average Bonchev–Trinajstić information content (AvgIpc) is 3.02. The third kappa shape index (κ3) is 17.1. The van der Waals surface area contributed by atoms with Gasteiger partial charge in [-0.25, -0.2) is 0 Å². The molecule has 0 bridgehead atoms. The Morgan fingerprint density at radius 2 is 0.750 bits per heavy atom. The Balaban J connectivity index is 2.40. The van der Waals surface area contributed by atoms with Crippen molar-refractivity contribution < 1.29 is 19.7 Å². The second-order valence-corrected chi connectivity index (χ2v) is 13.9. The summed E-state index contributed by atoms with van der Waals surface area (Å²) in [5, 5.41) is 21.2. The van der Waals surface area contributed by atoms with Crippen molar-refractivity contribution in [3.63, 3.8) is 0 Å². The third-order valence-corrected chi connectivity index (χ3v) is 9.04. The highest BCUT2D eigenvalue weighted by molar-refractivity contribution is 5.66. The molecule has 0 radical (unpaired) electrons. The van der Waals surface area contributed by atoms with Crippen LogP contribution < -0.4 is 9.47 Å². The zero-order valence-electron chi connectivity index (χ0n) is 32.4. The Bertz CT molecular complexity index is 1360. The molecule has 0 atom stereocenters. The SMILES string of the molecule is COc1c(O)c(C)c(C/C=C(\C)CC/C=C(\C)CC/C=C(\C)CC/C=C(\C)CC/C=C(\C)CC/C=C(\C)CCC=C(C)C)c(O)c1OC. The monoisotopic (exact) mass is 661 g/mol. The van der Waals surface area contributed by atoms with Crippen molar-refractivity contribution in [1.82, 2.24) is 0 Å². The molecule has 0 aliphatic carbocycles. The van der Waals surface area contributed by atoms with Crippen LogP contribution in [0.3, 0.4) is 0 Å². The van der Waals surface area contributed by atoms with Gasteiger partial charge in [-0.15, -0.1) is 0 Å². The highest BCUT2D eigenvalue weighted by Gasteiger charge is 2.22. The molecule has 0 aliphatic heterocycles. The lowest BCUT2D eigenvalue weighted by Gasteiger charge is -2.17. The molecule has 0 saturated carbocycles. The molecule has 4 nitrogen and oxygen atoms in total. The molecule has 0 unspecified atom stereocenters. The van der Waals surface area contributed by atoms with E-state index < -0.39 is 0 Å². The van der Waals surface area contributed by atoms with E-state index >= 15 is 0 Å². The lowest BCUT2D eigenvalue weighted by molar-refractivity contribution is 0.314. The summed E-state index contributed by atoms with van der Waals surface area (Å²) in [5.41, 5.74) is 11.3. The zero-order chi connectivity index (χ0) is 36.1. The lowest BCUT2D eigenvalue weighted by atomic mass is 9.99.